The average Bonchev–Trinajstić information content (AvgIpc) is 2.82. The summed E-state index contributed by atoms with van der Waals surface area (Å²) >= 11 is 0. The summed E-state index contributed by atoms with van der Waals surface area (Å²) in [5.41, 5.74) is 5.11. The SMILES string of the molecule is CC[C@H](c1ccccc1)c1c(C)c(C(C)=O)c2cccnn12. The Labute approximate surface area is 130 Å². The summed E-state index contributed by atoms with van der Waals surface area (Å²) in [7, 11) is 0. The van der Waals surface area contributed by atoms with Crippen LogP contribution in [0.2, 0.25) is 0 Å². The molecule has 0 aliphatic carbocycles. The maximum Gasteiger partial charge on any atom is 0.162 e. The van der Waals surface area contributed by atoms with E-state index in [9.17, 15) is 4.79 Å². The molecular formula is C19H20N2O. The number of carbonyl (C=O) groups excluding carboxylic acids is 1. The molecule has 0 amide bonds. The van der Waals surface area contributed by atoms with Gasteiger partial charge in [-0.15, -0.1) is 0 Å². The first-order chi connectivity index (χ1) is 10.6. The van der Waals surface area contributed by atoms with Gasteiger partial charge in [0.05, 0.1) is 11.2 Å². The van der Waals surface area contributed by atoms with Crippen LogP contribution < -0.4 is 0 Å². The predicted molar refractivity (Wildman–Crippen MR) is 88.5 cm³/mol. The summed E-state index contributed by atoms with van der Waals surface area (Å²) in [5, 5.41) is 4.50. The first-order valence-corrected chi connectivity index (χ1v) is 7.67. The van der Waals surface area contributed by atoms with E-state index in [-0.39, 0.29) is 11.7 Å². The number of ketones is 1. The van der Waals surface area contributed by atoms with Crippen molar-refractivity contribution in [1.29, 1.82) is 0 Å². The maximum atomic E-state index is 12.1. The molecule has 3 aromatic rings. The van der Waals surface area contributed by atoms with E-state index >= 15 is 0 Å². The van der Waals surface area contributed by atoms with Gasteiger partial charge in [0.15, 0.2) is 5.78 Å². The second-order valence-corrected chi connectivity index (χ2v) is 5.63. The summed E-state index contributed by atoms with van der Waals surface area (Å²) in [4.78, 5) is 12.1. The van der Waals surface area contributed by atoms with Gasteiger partial charge in [0, 0.05) is 17.7 Å². The van der Waals surface area contributed by atoms with Crippen molar-refractivity contribution in [2.45, 2.75) is 33.1 Å². The number of nitrogens with zero attached hydrogens (tertiary/aromatic N) is 2. The zero-order valence-electron chi connectivity index (χ0n) is 13.2. The number of fused-ring (bicyclic) bond motifs is 1. The van der Waals surface area contributed by atoms with Gasteiger partial charge in [-0.3, -0.25) is 4.79 Å². The Bertz CT molecular complexity index is 818. The van der Waals surface area contributed by atoms with E-state index in [0.29, 0.717) is 0 Å². The van der Waals surface area contributed by atoms with Gasteiger partial charge in [0.2, 0.25) is 0 Å². The standard InChI is InChI=1S/C19H20N2O/c1-4-16(15-9-6-5-7-10-15)19-13(2)18(14(3)22)17-11-8-12-20-21(17)19/h5-12,16H,4H2,1-3H3/t16-/m1/s1. The van der Waals surface area contributed by atoms with Gasteiger partial charge in [-0.1, -0.05) is 37.3 Å². The van der Waals surface area contributed by atoms with Crippen LogP contribution in [0, 0.1) is 6.92 Å². The minimum atomic E-state index is 0.0946. The lowest BCUT2D eigenvalue weighted by atomic mass is 9.90. The number of aromatic nitrogens is 2. The summed E-state index contributed by atoms with van der Waals surface area (Å²) in [6, 6.07) is 14.3. The second-order valence-electron chi connectivity index (χ2n) is 5.63. The molecule has 3 heteroatoms. The number of rotatable bonds is 4. The normalized spacial score (nSPS) is 12.5. The molecule has 0 unspecified atom stereocenters. The topological polar surface area (TPSA) is 34.4 Å². The van der Waals surface area contributed by atoms with E-state index in [2.05, 4.69) is 36.3 Å². The first-order valence-electron chi connectivity index (χ1n) is 7.67. The molecule has 1 aromatic carbocycles. The Balaban J connectivity index is 2.30. The molecule has 112 valence electrons. The molecule has 0 N–H and O–H groups in total. The van der Waals surface area contributed by atoms with Crippen molar-refractivity contribution in [2.75, 3.05) is 0 Å². The van der Waals surface area contributed by atoms with Crippen molar-refractivity contribution >= 4 is 11.3 Å². The van der Waals surface area contributed by atoms with E-state index in [1.54, 1.807) is 13.1 Å². The molecule has 3 rings (SSSR count). The van der Waals surface area contributed by atoms with E-state index in [0.717, 1.165) is 28.8 Å². The molecule has 1 atom stereocenters. The highest BCUT2D eigenvalue weighted by atomic mass is 16.1. The van der Waals surface area contributed by atoms with Crippen LogP contribution in [-0.4, -0.2) is 15.4 Å². The summed E-state index contributed by atoms with van der Waals surface area (Å²) in [5.74, 6) is 0.328. The van der Waals surface area contributed by atoms with Crippen LogP contribution in [0.1, 0.15) is 53.4 Å². The van der Waals surface area contributed by atoms with Crippen molar-refractivity contribution in [3.8, 4) is 0 Å². The Hall–Kier alpha value is -2.42. The highest BCUT2D eigenvalue weighted by molar-refractivity contribution is 6.03. The van der Waals surface area contributed by atoms with E-state index in [1.807, 2.05) is 29.6 Å². The smallest absolute Gasteiger partial charge is 0.162 e. The number of hydrogen-bond donors (Lipinski definition) is 0. The van der Waals surface area contributed by atoms with Crippen molar-refractivity contribution in [3.63, 3.8) is 0 Å². The maximum absolute atomic E-state index is 12.1. The fourth-order valence-electron chi connectivity index (χ4n) is 3.36. The molecule has 0 bridgehead atoms. The third-order valence-electron chi connectivity index (χ3n) is 4.29. The molecule has 0 aliphatic heterocycles. The summed E-state index contributed by atoms with van der Waals surface area (Å²) in [6.07, 6.45) is 2.74. The van der Waals surface area contributed by atoms with Gasteiger partial charge in [-0.25, -0.2) is 4.52 Å². The molecule has 0 radical (unpaired) electrons. The molecule has 22 heavy (non-hydrogen) atoms. The van der Waals surface area contributed by atoms with Crippen LogP contribution in [0.3, 0.4) is 0 Å². The van der Waals surface area contributed by atoms with Crippen LogP contribution in [-0.2, 0) is 0 Å². The Morgan fingerprint density at radius 3 is 2.55 bits per heavy atom. The fourth-order valence-corrected chi connectivity index (χ4v) is 3.36. The van der Waals surface area contributed by atoms with Crippen molar-refractivity contribution in [1.82, 2.24) is 9.61 Å². The summed E-state index contributed by atoms with van der Waals surface area (Å²) in [6.45, 7) is 5.84. The number of Topliss-reactive ketones (excluding diaryl/α,β-unsaturated/α-hetero) is 1. The fraction of sp³-hybridized carbons (Fsp3) is 0.263. The van der Waals surface area contributed by atoms with Crippen LogP contribution in [0.4, 0.5) is 0 Å². The quantitative estimate of drug-likeness (QED) is 0.668. The largest absolute Gasteiger partial charge is 0.294 e. The van der Waals surface area contributed by atoms with E-state index in [4.69, 9.17) is 0 Å². The van der Waals surface area contributed by atoms with Gasteiger partial charge < -0.3 is 0 Å². The third kappa shape index (κ3) is 2.23. The molecule has 0 saturated carbocycles. The lowest BCUT2D eigenvalue weighted by Crippen LogP contribution is -2.07. The predicted octanol–water partition coefficient (Wildman–Crippen LogP) is 4.39. The average molecular weight is 292 g/mol. The van der Waals surface area contributed by atoms with Crippen molar-refractivity contribution < 1.29 is 4.79 Å². The summed E-state index contributed by atoms with van der Waals surface area (Å²) < 4.78 is 1.94. The molecule has 2 heterocycles. The van der Waals surface area contributed by atoms with Crippen LogP contribution in [0.25, 0.3) is 5.52 Å². The van der Waals surface area contributed by atoms with Crippen LogP contribution in [0.15, 0.2) is 48.7 Å². The molecule has 0 spiro atoms. The second kappa shape index (κ2) is 5.76. The van der Waals surface area contributed by atoms with E-state index < -0.39 is 0 Å². The van der Waals surface area contributed by atoms with E-state index in [1.165, 1.54) is 5.56 Å². The molecule has 2 aromatic heterocycles. The van der Waals surface area contributed by atoms with Crippen LogP contribution in [0.5, 0.6) is 0 Å². The lowest BCUT2D eigenvalue weighted by Gasteiger charge is -2.16. The van der Waals surface area contributed by atoms with Crippen LogP contribution >= 0.6 is 0 Å². The minimum Gasteiger partial charge on any atom is -0.294 e. The number of benzene rings is 1. The van der Waals surface area contributed by atoms with Gasteiger partial charge in [-0.05, 0) is 43.5 Å². The molecule has 3 nitrogen and oxygen atoms in total. The Morgan fingerprint density at radius 1 is 1.18 bits per heavy atom. The zero-order chi connectivity index (χ0) is 15.7. The highest BCUT2D eigenvalue weighted by Crippen LogP contribution is 2.34. The minimum absolute atomic E-state index is 0.0946. The molecule has 0 aliphatic rings. The van der Waals surface area contributed by atoms with Gasteiger partial charge in [-0.2, -0.15) is 5.10 Å². The van der Waals surface area contributed by atoms with Gasteiger partial charge in [0.25, 0.3) is 0 Å². The number of hydrogen-bond acceptors (Lipinski definition) is 2. The first kappa shape index (κ1) is 14.5. The van der Waals surface area contributed by atoms with Gasteiger partial charge in [0.1, 0.15) is 0 Å². The Morgan fingerprint density at radius 2 is 1.91 bits per heavy atom. The molecular weight excluding hydrogens is 272 g/mol. The highest BCUT2D eigenvalue weighted by Gasteiger charge is 2.24. The molecule has 0 saturated heterocycles. The number of carbonyl (C=O) groups is 1. The van der Waals surface area contributed by atoms with Gasteiger partial charge >= 0.3 is 0 Å². The van der Waals surface area contributed by atoms with Crippen molar-refractivity contribution in [3.05, 3.63) is 71.0 Å². The van der Waals surface area contributed by atoms with Crippen molar-refractivity contribution in [2.24, 2.45) is 0 Å². The third-order valence-corrected chi connectivity index (χ3v) is 4.29. The lowest BCUT2D eigenvalue weighted by molar-refractivity contribution is 0.101. The zero-order valence-corrected chi connectivity index (χ0v) is 13.2. The monoisotopic (exact) mass is 292 g/mol. The Kier molecular flexibility index (Phi) is 3.80. The molecule has 0 fully saturated rings.